The lowest BCUT2D eigenvalue weighted by atomic mass is 9.75. The van der Waals surface area contributed by atoms with Crippen LogP contribution in [0.15, 0.2) is 0 Å². The van der Waals surface area contributed by atoms with E-state index in [1.54, 1.807) is 0 Å². The zero-order valence-corrected chi connectivity index (χ0v) is 9.52. The van der Waals surface area contributed by atoms with E-state index in [4.69, 9.17) is 0 Å². The predicted octanol–water partition coefficient (Wildman–Crippen LogP) is 1.78. The van der Waals surface area contributed by atoms with Gasteiger partial charge in [-0.2, -0.15) is 0 Å². The third kappa shape index (κ3) is 1.50. The lowest BCUT2D eigenvalue weighted by Crippen LogP contribution is -2.59. The van der Waals surface area contributed by atoms with Gasteiger partial charge in [-0.25, -0.2) is 0 Å². The van der Waals surface area contributed by atoms with E-state index in [1.165, 1.54) is 0 Å². The van der Waals surface area contributed by atoms with Crippen molar-refractivity contribution in [3.05, 3.63) is 0 Å². The number of nitrogens with one attached hydrogen (secondary N) is 1. The van der Waals surface area contributed by atoms with E-state index in [1.807, 2.05) is 14.0 Å². The third-order valence-electron chi connectivity index (χ3n) is 4.13. The van der Waals surface area contributed by atoms with Crippen LogP contribution in [-0.2, 0) is 0 Å². The summed E-state index contributed by atoms with van der Waals surface area (Å²) in [4.78, 5) is 0. The second kappa shape index (κ2) is 3.25. The first-order valence-electron chi connectivity index (χ1n) is 5.26. The van der Waals surface area contributed by atoms with Crippen molar-refractivity contribution in [1.82, 2.24) is 5.32 Å². The van der Waals surface area contributed by atoms with Crippen molar-refractivity contribution in [1.29, 1.82) is 0 Å². The molecule has 0 aromatic rings. The molecule has 2 nitrogen and oxygen atoms in total. The van der Waals surface area contributed by atoms with Gasteiger partial charge in [-0.3, -0.25) is 0 Å². The van der Waals surface area contributed by atoms with Gasteiger partial charge in [-0.1, -0.05) is 13.8 Å². The quantitative estimate of drug-likeness (QED) is 0.687. The molecule has 78 valence electrons. The Morgan fingerprint density at radius 1 is 1.38 bits per heavy atom. The lowest BCUT2D eigenvalue weighted by molar-refractivity contribution is -0.0228. The Bertz CT molecular complexity index is 189. The largest absolute Gasteiger partial charge is 0.388 e. The first-order chi connectivity index (χ1) is 5.85. The van der Waals surface area contributed by atoms with Crippen LogP contribution in [0.3, 0.4) is 0 Å². The third-order valence-corrected chi connectivity index (χ3v) is 4.13. The molecule has 13 heavy (non-hydrogen) atoms. The molecule has 1 aliphatic carbocycles. The van der Waals surface area contributed by atoms with E-state index >= 15 is 0 Å². The van der Waals surface area contributed by atoms with Crippen LogP contribution < -0.4 is 5.32 Å². The Morgan fingerprint density at radius 2 is 1.92 bits per heavy atom. The molecule has 0 spiro atoms. The van der Waals surface area contributed by atoms with Gasteiger partial charge in [0.15, 0.2) is 0 Å². The number of hydrogen-bond donors (Lipinski definition) is 2. The van der Waals surface area contributed by atoms with Crippen LogP contribution in [0.4, 0.5) is 0 Å². The maximum absolute atomic E-state index is 10.3. The molecule has 0 heterocycles. The van der Waals surface area contributed by atoms with Gasteiger partial charge >= 0.3 is 0 Å². The van der Waals surface area contributed by atoms with Crippen LogP contribution >= 0.6 is 0 Å². The van der Waals surface area contributed by atoms with Crippen molar-refractivity contribution < 1.29 is 5.11 Å². The minimum Gasteiger partial charge on any atom is -0.388 e. The van der Waals surface area contributed by atoms with E-state index < -0.39 is 5.60 Å². The van der Waals surface area contributed by atoms with Crippen LogP contribution in [0.5, 0.6) is 0 Å². The zero-order chi connectivity index (χ0) is 10.3. The Labute approximate surface area is 81.7 Å². The SMILES string of the molecule is CN[C@]1(C)[C@@H](C(C)C)CC[C@]1(C)O. The van der Waals surface area contributed by atoms with Crippen LogP contribution in [0.25, 0.3) is 0 Å². The van der Waals surface area contributed by atoms with Crippen LogP contribution in [0, 0.1) is 11.8 Å². The van der Waals surface area contributed by atoms with Gasteiger partial charge in [0.2, 0.25) is 0 Å². The maximum atomic E-state index is 10.3. The number of aliphatic hydroxyl groups is 1. The molecule has 1 aliphatic rings. The molecule has 1 fully saturated rings. The second-order valence-electron chi connectivity index (χ2n) is 5.12. The van der Waals surface area contributed by atoms with Gasteiger partial charge < -0.3 is 10.4 Å². The van der Waals surface area contributed by atoms with Crippen molar-refractivity contribution in [2.24, 2.45) is 11.8 Å². The van der Waals surface area contributed by atoms with Gasteiger partial charge in [0.1, 0.15) is 0 Å². The predicted molar refractivity (Wildman–Crippen MR) is 55.7 cm³/mol. The molecule has 0 aliphatic heterocycles. The van der Waals surface area contributed by atoms with Crippen LogP contribution in [0.2, 0.25) is 0 Å². The van der Waals surface area contributed by atoms with Gasteiger partial charge in [0.05, 0.1) is 5.60 Å². The molecule has 0 aromatic heterocycles. The van der Waals surface area contributed by atoms with E-state index in [-0.39, 0.29) is 5.54 Å². The van der Waals surface area contributed by atoms with Crippen molar-refractivity contribution in [2.75, 3.05) is 7.05 Å². The molecule has 0 saturated heterocycles. The normalized spacial score (nSPS) is 45.9. The Kier molecular flexibility index (Phi) is 2.75. The minimum atomic E-state index is -0.559. The maximum Gasteiger partial charge on any atom is 0.0800 e. The highest BCUT2D eigenvalue weighted by Crippen LogP contribution is 2.46. The lowest BCUT2D eigenvalue weighted by Gasteiger charge is -2.42. The van der Waals surface area contributed by atoms with Crippen molar-refractivity contribution in [3.8, 4) is 0 Å². The minimum absolute atomic E-state index is 0.124. The monoisotopic (exact) mass is 185 g/mol. The van der Waals surface area contributed by atoms with E-state index in [0.717, 1.165) is 12.8 Å². The molecule has 0 radical (unpaired) electrons. The number of hydrogen-bond acceptors (Lipinski definition) is 2. The zero-order valence-electron chi connectivity index (χ0n) is 9.52. The average Bonchev–Trinajstić information content (AvgIpc) is 2.25. The number of likely N-dealkylation sites (N-methyl/N-ethyl adjacent to an activating group) is 1. The summed E-state index contributed by atoms with van der Waals surface area (Å²) in [5.41, 5.74) is -0.683. The summed E-state index contributed by atoms with van der Waals surface area (Å²) in [6.45, 7) is 8.57. The fourth-order valence-corrected chi connectivity index (χ4v) is 2.84. The first kappa shape index (κ1) is 11.0. The summed E-state index contributed by atoms with van der Waals surface area (Å²) in [6.07, 6.45) is 2.04. The number of rotatable bonds is 2. The van der Waals surface area contributed by atoms with Crippen LogP contribution in [0.1, 0.15) is 40.5 Å². The molecule has 2 heteroatoms. The highest BCUT2D eigenvalue weighted by atomic mass is 16.3. The standard InChI is InChI=1S/C11H23NO/c1-8(2)9-6-7-10(3,13)11(9,4)12-5/h8-9,12-13H,6-7H2,1-5H3/t9-,10+,11-/m1/s1. The van der Waals surface area contributed by atoms with Crippen molar-refractivity contribution in [3.63, 3.8) is 0 Å². The molecule has 0 bridgehead atoms. The van der Waals surface area contributed by atoms with Gasteiger partial charge in [0.25, 0.3) is 0 Å². The molecular formula is C11H23NO. The van der Waals surface area contributed by atoms with Gasteiger partial charge in [0, 0.05) is 5.54 Å². The molecular weight excluding hydrogens is 162 g/mol. The summed E-state index contributed by atoms with van der Waals surface area (Å²) < 4.78 is 0. The highest BCUT2D eigenvalue weighted by Gasteiger charge is 2.53. The summed E-state index contributed by atoms with van der Waals surface area (Å²) in [5.74, 6) is 1.21. The Morgan fingerprint density at radius 3 is 2.23 bits per heavy atom. The topological polar surface area (TPSA) is 32.3 Å². The molecule has 0 aromatic carbocycles. The highest BCUT2D eigenvalue weighted by molar-refractivity contribution is 5.09. The molecule has 0 amide bonds. The van der Waals surface area contributed by atoms with E-state index in [2.05, 4.69) is 26.1 Å². The van der Waals surface area contributed by atoms with Gasteiger partial charge in [-0.15, -0.1) is 0 Å². The summed E-state index contributed by atoms with van der Waals surface area (Å²) in [7, 11) is 1.95. The first-order valence-corrected chi connectivity index (χ1v) is 5.26. The van der Waals surface area contributed by atoms with E-state index in [0.29, 0.717) is 11.8 Å². The van der Waals surface area contributed by atoms with Crippen LogP contribution in [-0.4, -0.2) is 23.3 Å². The summed E-state index contributed by atoms with van der Waals surface area (Å²) in [6, 6.07) is 0. The molecule has 2 N–H and O–H groups in total. The summed E-state index contributed by atoms with van der Waals surface area (Å²) >= 11 is 0. The van der Waals surface area contributed by atoms with Crippen molar-refractivity contribution >= 4 is 0 Å². The second-order valence-corrected chi connectivity index (χ2v) is 5.12. The fraction of sp³-hybridized carbons (Fsp3) is 1.00. The summed E-state index contributed by atoms with van der Waals surface area (Å²) in [5, 5.41) is 13.6. The van der Waals surface area contributed by atoms with Crippen molar-refractivity contribution in [2.45, 2.75) is 51.7 Å². The molecule has 0 unspecified atom stereocenters. The Balaban J connectivity index is 2.93. The molecule has 1 rings (SSSR count). The average molecular weight is 185 g/mol. The smallest absolute Gasteiger partial charge is 0.0800 e. The fourth-order valence-electron chi connectivity index (χ4n) is 2.84. The molecule has 1 saturated carbocycles. The molecule has 3 atom stereocenters. The Hall–Kier alpha value is -0.0800. The van der Waals surface area contributed by atoms with E-state index in [9.17, 15) is 5.11 Å². The van der Waals surface area contributed by atoms with Gasteiger partial charge in [-0.05, 0) is 45.6 Å².